The van der Waals surface area contributed by atoms with Crippen LogP contribution in [0.2, 0.25) is 0 Å². The van der Waals surface area contributed by atoms with Crippen molar-refractivity contribution in [2.24, 2.45) is 0 Å². The van der Waals surface area contributed by atoms with Crippen LogP contribution in [0, 0.1) is 20.8 Å². The lowest BCUT2D eigenvalue weighted by molar-refractivity contribution is -0.121. The molecule has 5 heteroatoms. The second kappa shape index (κ2) is 9.83. The first-order valence-corrected chi connectivity index (χ1v) is 13.8. The van der Waals surface area contributed by atoms with Crippen molar-refractivity contribution in [3.63, 3.8) is 0 Å². The highest BCUT2D eigenvalue weighted by Gasteiger charge is 2.41. The van der Waals surface area contributed by atoms with Gasteiger partial charge in [0.25, 0.3) is 15.9 Å². The van der Waals surface area contributed by atoms with E-state index in [4.69, 9.17) is 0 Å². The minimum Gasteiger partial charge on any atom is -0.268 e. The van der Waals surface area contributed by atoms with Gasteiger partial charge in [0.2, 0.25) is 0 Å². The molecule has 186 valence electrons. The summed E-state index contributed by atoms with van der Waals surface area (Å²) in [7, 11) is -4.08. The Balaban J connectivity index is 1.81. The zero-order chi connectivity index (χ0) is 26.2. The number of carbonyl (C=O) groups excluding carboxylic acids is 1. The van der Waals surface area contributed by atoms with E-state index in [1.165, 1.54) is 0 Å². The van der Waals surface area contributed by atoms with Gasteiger partial charge in [-0.3, -0.25) is 4.79 Å². The highest BCUT2D eigenvalue weighted by atomic mass is 32.2. The molecule has 0 aromatic heterocycles. The quantitative estimate of drug-likeness (QED) is 0.308. The van der Waals surface area contributed by atoms with E-state index in [9.17, 15) is 13.2 Å². The molecule has 0 saturated heterocycles. The van der Waals surface area contributed by atoms with Gasteiger partial charge >= 0.3 is 0 Å². The highest BCUT2D eigenvalue weighted by Crippen LogP contribution is 2.44. The lowest BCUT2D eigenvalue weighted by atomic mass is 9.79. The van der Waals surface area contributed by atoms with Crippen LogP contribution in [-0.2, 0) is 14.8 Å². The molecule has 4 nitrogen and oxygen atoms in total. The predicted octanol–water partition coefficient (Wildman–Crippen LogP) is 6.54. The summed E-state index contributed by atoms with van der Waals surface area (Å²) >= 11 is 0. The van der Waals surface area contributed by atoms with Crippen molar-refractivity contribution in [2.45, 2.75) is 31.6 Å². The molecule has 5 rings (SSSR count). The molecule has 0 bridgehead atoms. The van der Waals surface area contributed by atoms with Crippen LogP contribution < -0.4 is 0 Å². The van der Waals surface area contributed by atoms with Crippen molar-refractivity contribution >= 4 is 27.1 Å². The Morgan fingerprint density at radius 2 is 1.27 bits per heavy atom. The molecule has 1 atom stereocenters. The zero-order valence-corrected chi connectivity index (χ0v) is 22.0. The van der Waals surface area contributed by atoms with Gasteiger partial charge in [0, 0.05) is 12.5 Å². The molecule has 0 N–H and O–H groups in total. The van der Waals surface area contributed by atoms with Crippen LogP contribution in [0.1, 0.15) is 39.3 Å². The number of aryl methyl sites for hydroxylation is 3. The second-order valence-electron chi connectivity index (χ2n) is 9.65. The topological polar surface area (TPSA) is 54.5 Å². The zero-order valence-electron chi connectivity index (χ0n) is 21.2. The molecule has 1 aliphatic rings. The van der Waals surface area contributed by atoms with Gasteiger partial charge in [0.05, 0.1) is 10.5 Å². The maximum Gasteiger partial charge on any atom is 0.268 e. The van der Waals surface area contributed by atoms with Crippen molar-refractivity contribution in [1.82, 2.24) is 4.31 Å². The van der Waals surface area contributed by atoms with Crippen LogP contribution >= 0.6 is 0 Å². The number of sulfonamides is 1. The van der Waals surface area contributed by atoms with Crippen molar-refractivity contribution in [1.29, 1.82) is 0 Å². The number of rotatable bonds is 5. The summed E-state index contributed by atoms with van der Waals surface area (Å²) in [5.74, 6) is -0.841. The molecular formula is C32H29NO3S. The van der Waals surface area contributed by atoms with E-state index in [1.54, 1.807) is 24.3 Å². The van der Waals surface area contributed by atoms with E-state index in [1.807, 2.05) is 93.6 Å². The van der Waals surface area contributed by atoms with Crippen molar-refractivity contribution in [2.75, 3.05) is 6.54 Å². The van der Waals surface area contributed by atoms with Crippen LogP contribution in [0.15, 0.2) is 108 Å². The second-order valence-corrected chi connectivity index (χ2v) is 11.5. The first-order chi connectivity index (χ1) is 17.8. The summed E-state index contributed by atoms with van der Waals surface area (Å²) in [5.41, 5.74) is 6.89. The molecule has 37 heavy (non-hydrogen) atoms. The van der Waals surface area contributed by atoms with Gasteiger partial charge in [-0.25, -0.2) is 12.7 Å². The van der Waals surface area contributed by atoms with Crippen LogP contribution in [-0.4, -0.2) is 25.2 Å². The molecule has 1 heterocycles. The molecule has 1 aliphatic heterocycles. The molecule has 0 spiro atoms. The minimum absolute atomic E-state index is 0.0254. The fourth-order valence-corrected chi connectivity index (χ4v) is 6.38. The monoisotopic (exact) mass is 507 g/mol. The van der Waals surface area contributed by atoms with Gasteiger partial charge in [-0.05, 0) is 55.2 Å². The molecule has 0 aliphatic carbocycles. The van der Waals surface area contributed by atoms with Crippen LogP contribution in [0.5, 0.6) is 0 Å². The normalized spacial score (nSPS) is 16.2. The van der Waals surface area contributed by atoms with Gasteiger partial charge in [-0.2, -0.15) is 0 Å². The predicted molar refractivity (Wildman–Crippen MR) is 148 cm³/mol. The van der Waals surface area contributed by atoms with E-state index in [2.05, 4.69) is 6.07 Å². The van der Waals surface area contributed by atoms with Crippen molar-refractivity contribution in [3.05, 3.63) is 137 Å². The Bertz CT molecular complexity index is 1600. The molecular weight excluding hydrogens is 478 g/mol. The molecule has 4 aromatic carbocycles. The molecule has 0 fully saturated rings. The van der Waals surface area contributed by atoms with E-state index in [0.717, 1.165) is 37.7 Å². The fraction of sp³-hybridized carbons (Fsp3) is 0.156. The first-order valence-electron chi connectivity index (χ1n) is 12.3. The van der Waals surface area contributed by atoms with Gasteiger partial charge < -0.3 is 0 Å². The van der Waals surface area contributed by atoms with Gasteiger partial charge in [-0.15, -0.1) is 0 Å². The third-order valence-corrected chi connectivity index (χ3v) is 8.62. The number of benzene rings is 4. The average Bonchev–Trinajstić information content (AvgIpc) is 2.89. The van der Waals surface area contributed by atoms with Crippen LogP contribution in [0.25, 0.3) is 11.1 Å². The fourth-order valence-electron chi connectivity index (χ4n) is 4.99. The molecule has 1 unspecified atom stereocenters. The van der Waals surface area contributed by atoms with Crippen LogP contribution in [0.3, 0.4) is 0 Å². The Kier molecular flexibility index (Phi) is 6.57. The number of nitrogens with zero attached hydrogens (tertiary/aromatic N) is 1. The Morgan fingerprint density at radius 1 is 0.676 bits per heavy atom. The van der Waals surface area contributed by atoms with Gasteiger partial charge in [0.1, 0.15) is 0 Å². The maximum atomic E-state index is 14.3. The average molecular weight is 508 g/mol. The smallest absolute Gasteiger partial charge is 0.268 e. The molecule has 0 saturated carbocycles. The van der Waals surface area contributed by atoms with E-state index < -0.39 is 15.9 Å². The summed E-state index contributed by atoms with van der Waals surface area (Å²) in [6, 6.07) is 32.3. The lowest BCUT2D eigenvalue weighted by Crippen LogP contribution is -2.44. The Labute approximate surface area is 219 Å². The first kappa shape index (κ1) is 24.7. The molecule has 0 radical (unpaired) electrons. The van der Waals surface area contributed by atoms with E-state index >= 15 is 0 Å². The van der Waals surface area contributed by atoms with Crippen LogP contribution in [0.4, 0.5) is 0 Å². The largest absolute Gasteiger partial charge is 0.268 e. The number of hydrogen-bond acceptors (Lipinski definition) is 3. The van der Waals surface area contributed by atoms with Gasteiger partial charge in [0.15, 0.2) is 0 Å². The summed E-state index contributed by atoms with van der Waals surface area (Å²) in [6.07, 6.45) is 0. The standard InChI is InChI=1S/C32H29NO3S/c1-22-15-17-28(18-16-22)37(35,36)33-21-29(25-11-5-4-6-12-25)30(26-13-7-9-23(2)19-26)31(32(33)34)27-14-8-10-24(3)20-27/h4-20,29H,21H2,1-3H3. The third-order valence-electron chi connectivity index (χ3n) is 6.85. The van der Waals surface area contributed by atoms with Crippen molar-refractivity contribution in [3.8, 4) is 0 Å². The minimum atomic E-state index is -4.08. The van der Waals surface area contributed by atoms with Gasteiger partial charge in [-0.1, -0.05) is 108 Å². The summed E-state index contributed by atoms with van der Waals surface area (Å²) in [6.45, 7) is 5.92. The highest BCUT2D eigenvalue weighted by molar-refractivity contribution is 7.89. The number of amides is 1. The summed E-state index contributed by atoms with van der Waals surface area (Å²) in [4.78, 5) is 14.4. The number of carbonyl (C=O) groups is 1. The summed E-state index contributed by atoms with van der Waals surface area (Å²) < 4.78 is 28.9. The van der Waals surface area contributed by atoms with E-state index in [0.29, 0.717) is 11.1 Å². The van der Waals surface area contributed by atoms with Crippen molar-refractivity contribution < 1.29 is 13.2 Å². The Hall–Kier alpha value is -3.96. The summed E-state index contributed by atoms with van der Waals surface area (Å²) in [5, 5.41) is 0. The maximum absolute atomic E-state index is 14.3. The SMILES string of the molecule is Cc1ccc(S(=O)(=O)N2CC(c3ccccc3)C(c3cccc(C)c3)=C(c3cccc(C)c3)C2=O)cc1. The lowest BCUT2D eigenvalue weighted by Gasteiger charge is -2.36. The van der Waals surface area contributed by atoms with E-state index in [-0.39, 0.29) is 17.4 Å². The Morgan fingerprint density at radius 3 is 1.89 bits per heavy atom. The third kappa shape index (κ3) is 4.75. The number of hydrogen-bond donors (Lipinski definition) is 0. The molecule has 4 aromatic rings. The molecule has 1 amide bonds.